The van der Waals surface area contributed by atoms with E-state index in [9.17, 15) is 17.6 Å². The first kappa shape index (κ1) is 21.0. The Morgan fingerprint density at radius 1 is 0.704 bits per heavy atom. The summed E-state index contributed by atoms with van der Waals surface area (Å²) in [6.45, 7) is 1.74. The number of ether oxygens (including phenoxy) is 2. The van der Waals surface area contributed by atoms with Gasteiger partial charge in [-0.05, 0) is 35.4 Å². The van der Waals surface area contributed by atoms with E-state index in [1.165, 1.54) is 0 Å². The van der Waals surface area contributed by atoms with Gasteiger partial charge in [-0.2, -0.15) is 0 Å². The highest BCUT2D eigenvalue weighted by atomic mass is 19.1. The topological polar surface area (TPSA) is 58.9 Å². The Hall–Kier alpha value is -2.32. The lowest BCUT2D eigenvalue weighted by Crippen LogP contribution is -2.21. The molecule has 27 heavy (non-hydrogen) atoms. The van der Waals surface area contributed by atoms with E-state index in [2.05, 4.69) is 0 Å². The predicted octanol–water partition coefficient (Wildman–Crippen LogP) is 3.31. The summed E-state index contributed by atoms with van der Waals surface area (Å²) in [5.41, 5.74) is -0.873. The van der Waals surface area contributed by atoms with E-state index in [4.69, 9.17) is 19.7 Å². The Labute approximate surface area is 154 Å². The molecule has 4 nitrogen and oxygen atoms in total. The van der Waals surface area contributed by atoms with Crippen molar-refractivity contribution in [3.8, 4) is 11.5 Å². The van der Waals surface area contributed by atoms with Gasteiger partial charge in [0.25, 0.3) is 0 Å². The average molecular weight is 388 g/mol. The van der Waals surface area contributed by atoms with E-state index in [-0.39, 0.29) is 24.3 Å². The highest BCUT2D eigenvalue weighted by Gasteiger charge is 2.29. The van der Waals surface area contributed by atoms with Crippen LogP contribution in [0.1, 0.15) is 25.0 Å². The van der Waals surface area contributed by atoms with Gasteiger partial charge in [-0.1, -0.05) is 13.8 Å². The van der Waals surface area contributed by atoms with Gasteiger partial charge in [0, 0.05) is 5.41 Å². The molecule has 0 saturated heterocycles. The van der Waals surface area contributed by atoms with Crippen LogP contribution in [0.5, 0.6) is 11.5 Å². The quantitative estimate of drug-likeness (QED) is 0.682. The number of rotatable bonds is 8. The highest BCUT2D eigenvalue weighted by molar-refractivity contribution is 5.44. The number of hydrogen-bond acceptors (Lipinski definition) is 4. The molecule has 0 amide bonds. The van der Waals surface area contributed by atoms with Crippen molar-refractivity contribution in [2.75, 3.05) is 26.4 Å². The summed E-state index contributed by atoms with van der Waals surface area (Å²) in [6.07, 6.45) is 0. The zero-order valence-corrected chi connectivity index (χ0v) is 14.9. The fourth-order valence-corrected chi connectivity index (χ4v) is 2.58. The lowest BCUT2D eigenvalue weighted by Gasteiger charge is -2.27. The molecule has 0 saturated carbocycles. The normalized spacial score (nSPS) is 11.6. The fourth-order valence-electron chi connectivity index (χ4n) is 2.58. The molecule has 0 fully saturated rings. The minimum atomic E-state index is -1.14. The zero-order valence-electron chi connectivity index (χ0n) is 14.9. The van der Waals surface area contributed by atoms with Crippen molar-refractivity contribution in [3.63, 3.8) is 0 Å². The van der Waals surface area contributed by atoms with Crippen LogP contribution < -0.4 is 9.47 Å². The van der Waals surface area contributed by atoms with Crippen LogP contribution in [0.2, 0.25) is 0 Å². The first-order valence-electron chi connectivity index (χ1n) is 8.18. The summed E-state index contributed by atoms with van der Waals surface area (Å²) in [7, 11) is 0. The third-order valence-corrected chi connectivity index (χ3v) is 4.12. The van der Waals surface area contributed by atoms with Gasteiger partial charge in [0.1, 0.15) is 13.2 Å². The van der Waals surface area contributed by atoms with Crippen molar-refractivity contribution >= 4 is 0 Å². The Bertz CT molecular complexity index is 697. The standard InChI is InChI=1S/C19H20F4O4/c1-19(2,11-7-13(20)17(14(21)8-11)26-5-3-24)12-9-15(22)18(16(23)10-12)27-6-4-25/h7-10,24-25H,3-6H2,1-2H3. The predicted molar refractivity (Wildman–Crippen MR) is 90.0 cm³/mol. The Balaban J connectivity index is 2.43. The van der Waals surface area contributed by atoms with Gasteiger partial charge in [0.05, 0.1) is 13.2 Å². The van der Waals surface area contributed by atoms with Crippen LogP contribution in [-0.4, -0.2) is 36.6 Å². The summed E-state index contributed by atoms with van der Waals surface area (Å²) in [5.74, 6) is -5.22. The summed E-state index contributed by atoms with van der Waals surface area (Å²) in [6, 6.07) is 4.06. The van der Waals surface area contributed by atoms with Crippen molar-refractivity contribution in [2.45, 2.75) is 19.3 Å². The molecule has 0 aliphatic carbocycles. The smallest absolute Gasteiger partial charge is 0.190 e. The summed E-state index contributed by atoms with van der Waals surface area (Å²) < 4.78 is 66.5. The van der Waals surface area contributed by atoms with Crippen molar-refractivity contribution in [2.24, 2.45) is 0 Å². The van der Waals surface area contributed by atoms with Gasteiger partial charge in [-0.25, -0.2) is 17.6 Å². The zero-order chi connectivity index (χ0) is 20.2. The molecule has 148 valence electrons. The van der Waals surface area contributed by atoms with Gasteiger partial charge in [0.15, 0.2) is 34.8 Å². The number of aliphatic hydroxyl groups is 2. The van der Waals surface area contributed by atoms with E-state index in [0.717, 1.165) is 24.3 Å². The van der Waals surface area contributed by atoms with E-state index in [1.807, 2.05) is 0 Å². The first-order valence-corrected chi connectivity index (χ1v) is 8.18. The second-order valence-electron chi connectivity index (χ2n) is 6.31. The molecule has 2 N–H and O–H groups in total. The molecule has 0 spiro atoms. The third kappa shape index (κ3) is 4.51. The van der Waals surface area contributed by atoms with Crippen LogP contribution in [0, 0.1) is 23.3 Å². The van der Waals surface area contributed by atoms with Crippen LogP contribution in [0.3, 0.4) is 0 Å². The summed E-state index contributed by atoms with van der Waals surface area (Å²) in [4.78, 5) is 0. The van der Waals surface area contributed by atoms with Gasteiger partial charge in [0.2, 0.25) is 0 Å². The third-order valence-electron chi connectivity index (χ3n) is 4.12. The number of halogens is 4. The molecule has 0 heterocycles. The highest BCUT2D eigenvalue weighted by Crippen LogP contribution is 2.37. The number of hydrogen-bond donors (Lipinski definition) is 2. The maximum Gasteiger partial charge on any atom is 0.190 e. The molecular weight excluding hydrogens is 368 g/mol. The van der Waals surface area contributed by atoms with Crippen molar-refractivity contribution in [3.05, 3.63) is 58.7 Å². The van der Waals surface area contributed by atoms with Gasteiger partial charge < -0.3 is 19.7 Å². The molecular formula is C19H20F4O4. The van der Waals surface area contributed by atoms with Crippen molar-refractivity contribution in [1.29, 1.82) is 0 Å². The van der Waals surface area contributed by atoms with E-state index >= 15 is 0 Å². The lowest BCUT2D eigenvalue weighted by atomic mass is 9.78. The van der Waals surface area contributed by atoms with Crippen LogP contribution in [-0.2, 0) is 5.41 Å². The molecule has 0 aliphatic rings. The van der Waals surface area contributed by atoms with Crippen LogP contribution in [0.4, 0.5) is 17.6 Å². The van der Waals surface area contributed by atoms with E-state index < -0.39 is 53.4 Å². The lowest BCUT2D eigenvalue weighted by molar-refractivity contribution is 0.190. The first-order chi connectivity index (χ1) is 12.7. The average Bonchev–Trinajstić information content (AvgIpc) is 2.60. The minimum absolute atomic E-state index is 0.136. The Morgan fingerprint density at radius 2 is 1.00 bits per heavy atom. The Kier molecular flexibility index (Phi) is 6.67. The molecule has 8 heteroatoms. The molecule has 0 aromatic heterocycles. The number of benzene rings is 2. The second kappa shape index (κ2) is 8.58. The van der Waals surface area contributed by atoms with Crippen molar-refractivity contribution < 1.29 is 37.2 Å². The Morgan fingerprint density at radius 3 is 1.26 bits per heavy atom. The molecule has 0 atom stereocenters. The largest absolute Gasteiger partial charge is 0.485 e. The summed E-state index contributed by atoms with van der Waals surface area (Å²) >= 11 is 0. The van der Waals surface area contributed by atoms with Crippen LogP contribution in [0.15, 0.2) is 24.3 Å². The van der Waals surface area contributed by atoms with Gasteiger partial charge >= 0.3 is 0 Å². The molecule has 0 aliphatic heterocycles. The molecule has 0 bridgehead atoms. The summed E-state index contributed by atoms with van der Waals surface area (Å²) in [5, 5.41) is 17.4. The monoisotopic (exact) mass is 388 g/mol. The minimum Gasteiger partial charge on any atom is -0.485 e. The van der Waals surface area contributed by atoms with Gasteiger partial charge in [-0.15, -0.1) is 0 Å². The van der Waals surface area contributed by atoms with Crippen LogP contribution >= 0.6 is 0 Å². The molecule has 2 rings (SSSR count). The number of aliphatic hydroxyl groups excluding tert-OH is 2. The molecule has 0 radical (unpaired) electrons. The SMILES string of the molecule is CC(C)(c1cc(F)c(OCCO)c(F)c1)c1cc(F)c(OCCO)c(F)c1. The second-order valence-corrected chi connectivity index (χ2v) is 6.31. The van der Waals surface area contributed by atoms with Crippen molar-refractivity contribution in [1.82, 2.24) is 0 Å². The fraction of sp³-hybridized carbons (Fsp3) is 0.368. The van der Waals surface area contributed by atoms with Crippen LogP contribution in [0.25, 0.3) is 0 Å². The molecule has 2 aromatic rings. The maximum atomic E-state index is 14.2. The molecule has 2 aromatic carbocycles. The van der Waals surface area contributed by atoms with E-state index in [0.29, 0.717) is 0 Å². The molecule has 0 unspecified atom stereocenters. The maximum absolute atomic E-state index is 14.2. The van der Waals surface area contributed by atoms with E-state index in [1.54, 1.807) is 13.8 Å². The van der Waals surface area contributed by atoms with Gasteiger partial charge in [-0.3, -0.25) is 0 Å².